The van der Waals surface area contributed by atoms with Gasteiger partial charge in [0.05, 0.1) is 19.3 Å². The van der Waals surface area contributed by atoms with Crippen LogP contribution in [0.15, 0.2) is 47.4 Å². The van der Waals surface area contributed by atoms with E-state index in [2.05, 4.69) is 4.72 Å². The summed E-state index contributed by atoms with van der Waals surface area (Å²) in [7, 11) is -2.55. The minimum Gasteiger partial charge on any atom is -0.495 e. The highest BCUT2D eigenvalue weighted by Gasteiger charge is 2.27. The first-order valence-corrected chi connectivity index (χ1v) is 10.2. The number of para-hydroxylation sites is 2. The van der Waals surface area contributed by atoms with E-state index in [1.807, 2.05) is 6.92 Å². The lowest BCUT2D eigenvalue weighted by Crippen LogP contribution is -2.40. The first-order chi connectivity index (χ1) is 13.1. The Morgan fingerprint density at radius 2 is 1.68 bits per heavy atom. The van der Waals surface area contributed by atoms with Crippen molar-refractivity contribution in [2.24, 2.45) is 0 Å². The summed E-state index contributed by atoms with van der Waals surface area (Å²) in [5.74, 6) is 0.0986. The predicted octanol–water partition coefficient (Wildman–Crippen LogP) is 3.39. The van der Waals surface area contributed by atoms with Gasteiger partial charge in [0, 0.05) is 5.54 Å². The third-order valence-electron chi connectivity index (χ3n) is 3.48. The lowest BCUT2D eigenvalue weighted by molar-refractivity contribution is 0.0728. The van der Waals surface area contributed by atoms with Gasteiger partial charge >= 0.3 is 5.97 Å². The Morgan fingerprint density at radius 1 is 1.04 bits per heavy atom. The van der Waals surface area contributed by atoms with E-state index < -0.39 is 21.5 Å². The van der Waals surface area contributed by atoms with E-state index in [0.717, 1.165) is 0 Å². The maximum Gasteiger partial charge on any atom is 0.343 e. The van der Waals surface area contributed by atoms with Crippen molar-refractivity contribution in [3.63, 3.8) is 0 Å². The average Bonchev–Trinajstić information content (AvgIpc) is 2.61. The van der Waals surface area contributed by atoms with Crippen LogP contribution in [-0.2, 0) is 10.0 Å². The molecule has 1 N–H and O–H groups in total. The van der Waals surface area contributed by atoms with E-state index in [1.165, 1.54) is 25.3 Å². The number of hydrogen-bond acceptors (Lipinski definition) is 6. The SMILES string of the molecule is CCOc1ccccc1OC(=O)c1ccc(OC)c(S(=O)(=O)NC(C)(C)C)c1. The summed E-state index contributed by atoms with van der Waals surface area (Å²) in [4.78, 5) is 12.5. The summed E-state index contributed by atoms with van der Waals surface area (Å²) in [5.41, 5.74) is -0.627. The molecule has 0 aromatic heterocycles. The van der Waals surface area contributed by atoms with Gasteiger partial charge in [-0.1, -0.05) is 12.1 Å². The highest BCUT2D eigenvalue weighted by atomic mass is 32.2. The Morgan fingerprint density at radius 3 is 2.25 bits per heavy atom. The number of benzene rings is 2. The van der Waals surface area contributed by atoms with Crippen LogP contribution in [0.5, 0.6) is 17.2 Å². The molecule has 0 aliphatic carbocycles. The molecule has 0 saturated heterocycles. The normalized spacial score (nSPS) is 11.8. The van der Waals surface area contributed by atoms with Gasteiger partial charge < -0.3 is 14.2 Å². The zero-order valence-corrected chi connectivity index (χ0v) is 17.4. The third kappa shape index (κ3) is 5.46. The number of nitrogens with one attached hydrogen (secondary N) is 1. The van der Waals surface area contributed by atoms with Crippen LogP contribution in [0.25, 0.3) is 0 Å². The van der Waals surface area contributed by atoms with Crippen LogP contribution in [0.3, 0.4) is 0 Å². The van der Waals surface area contributed by atoms with Crippen molar-refractivity contribution in [1.82, 2.24) is 4.72 Å². The van der Waals surface area contributed by atoms with Crippen molar-refractivity contribution in [1.29, 1.82) is 0 Å². The summed E-state index contributed by atoms with van der Waals surface area (Å²) >= 11 is 0. The highest BCUT2D eigenvalue weighted by Crippen LogP contribution is 2.29. The smallest absolute Gasteiger partial charge is 0.343 e. The standard InChI is InChI=1S/C20H25NO6S/c1-6-26-15-9-7-8-10-16(15)27-19(22)14-11-12-17(25-5)18(13-14)28(23,24)21-20(2,3)4/h7-13,21H,6H2,1-5H3. The van der Waals surface area contributed by atoms with E-state index in [0.29, 0.717) is 12.4 Å². The number of hydrogen-bond donors (Lipinski definition) is 1. The van der Waals surface area contributed by atoms with Crippen LogP contribution in [0.1, 0.15) is 38.1 Å². The molecular weight excluding hydrogens is 382 g/mol. The van der Waals surface area contributed by atoms with Crippen LogP contribution in [0.4, 0.5) is 0 Å². The molecule has 0 bridgehead atoms. The second-order valence-corrected chi connectivity index (χ2v) is 8.64. The minimum absolute atomic E-state index is 0.0707. The molecule has 0 atom stereocenters. The van der Waals surface area contributed by atoms with E-state index in [1.54, 1.807) is 45.0 Å². The van der Waals surface area contributed by atoms with Gasteiger partial charge in [-0.3, -0.25) is 0 Å². The topological polar surface area (TPSA) is 90.9 Å². The number of carbonyl (C=O) groups is 1. The summed E-state index contributed by atoms with van der Waals surface area (Å²) < 4.78 is 44.0. The van der Waals surface area contributed by atoms with Gasteiger partial charge in [0.1, 0.15) is 10.6 Å². The Bertz CT molecular complexity index is 947. The van der Waals surface area contributed by atoms with Crippen molar-refractivity contribution in [3.8, 4) is 17.2 Å². The Hall–Kier alpha value is -2.58. The Balaban J connectivity index is 2.39. The fraction of sp³-hybridized carbons (Fsp3) is 0.350. The van der Waals surface area contributed by atoms with Gasteiger partial charge in [0.25, 0.3) is 0 Å². The molecule has 0 aliphatic rings. The molecule has 0 heterocycles. The molecule has 152 valence electrons. The predicted molar refractivity (Wildman–Crippen MR) is 106 cm³/mol. The molecule has 2 aromatic carbocycles. The van der Waals surface area contributed by atoms with Crippen LogP contribution in [0.2, 0.25) is 0 Å². The molecule has 8 heteroatoms. The molecule has 0 aliphatic heterocycles. The zero-order chi connectivity index (χ0) is 20.9. The number of ether oxygens (including phenoxy) is 3. The maximum atomic E-state index is 12.7. The summed E-state index contributed by atoms with van der Waals surface area (Å²) in [6.45, 7) is 7.40. The zero-order valence-electron chi connectivity index (χ0n) is 16.6. The average molecular weight is 407 g/mol. The first kappa shape index (κ1) is 21.7. The fourth-order valence-corrected chi connectivity index (χ4v) is 4.05. The molecule has 0 saturated carbocycles. The molecule has 0 radical (unpaired) electrons. The molecule has 2 rings (SSSR count). The second kappa shape index (κ2) is 8.62. The molecule has 7 nitrogen and oxygen atoms in total. The van der Waals surface area contributed by atoms with E-state index in [4.69, 9.17) is 14.2 Å². The molecular formula is C20H25NO6S. The first-order valence-electron chi connectivity index (χ1n) is 8.73. The van der Waals surface area contributed by atoms with Crippen molar-refractivity contribution in [2.45, 2.75) is 38.1 Å². The van der Waals surface area contributed by atoms with E-state index in [9.17, 15) is 13.2 Å². The van der Waals surface area contributed by atoms with E-state index in [-0.39, 0.29) is 22.0 Å². The quantitative estimate of drug-likeness (QED) is 0.559. The lowest BCUT2D eigenvalue weighted by atomic mass is 10.1. The van der Waals surface area contributed by atoms with Gasteiger partial charge in [-0.2, -0.15) is 0 Å². The Labute approximate surface area is 165 Å². The number of esters is 1. The largest absolute Gasteiger partial charge is 0.495 e. The number of rotatable bonds is 7. The molecule has 2 aromatic rings. The van der Waals surface area contributed by atoms with Gasteiger partial charge in [-0.25, -0.2) is 17.9 Å². The van der Waals surface area contributed by atoms with Crippen LogP contribution in [0, 0.1) is 0 Å². The maximum absolute atomic E-state index is 12.7. The summed E-state index contributed by atoms with van der Waals surface area (Å²) in [6.07, 6.45) is 0. The number of methoxy groups -OCH3 is 1. The molecule has 0 unspecified atom stereocenters. The Kier molecular flexibility index (Phi) is 6.69. The monoisotopic (exact) mass is 407 g/mol. The lowest BCUT2D eigenvalue weighted by Gasteiger charge is -2.21. The number of carbonyl (C=O) groups excluding carboxylic acids is 1. The van der Waals surface area contributed by atoms with Crippen molar-refractivity contribution in [2.75, 3.05) is 13.7 Å². The van der Waals surface area contributed by atoms with E-state index >= 15 is 0 Å². The molecule has 28 heavy (non-hydrogen) atoms. The molecule has 0 fully saturated rings. The fourth-order valence-electron chi connectivity index (χ4n) is 2.44. The second-order valence-electron chi connectivity index (χ2n) is 6.99. The number of sulfonamides is 1. The summed E-state index contributed by atoms with van der Waals surface area (Å²) in [5, 5.41) is 0. The van der Waals surface area contributed by atoms with Crippen molar-refractivity contribution >= 4 is 16.0 Å². The van der Waals surface area contributed by atoms with Crippen molar-refractivity contribution in [3.05, 3.63) is 48.0 Å². The third-order valence-corrected chi connectivity index (χ3v) is 5.26. The van der Waals surface area contributed by atoms with Gasteiger partial charge in [0.2, 0.25) is 10.0 Å². The van der Waals surface area contributed by atoms with Gasteiger partial charge in [-0.05, 0) is 58.0 Å². The van der Waals surface area contributed by atoms with Crippen LogP contribution < -0.4 is 18.9 Å². The minimum atomic E-state index is -3.91. The highest BCUT2D eigenvalue weighted by molar-refractivity contribution is 7.89. The summed E-state index contributed by atoms with van der Waals surface area (Å²) in [6, 6.07) is 10.9. The van der Waals surface area contributed by atoms with Gasteiger partial charge in [-0.15, -0.1) is 0 Å². The molecule has 0 amide bonds. The van der Waals surface area contributed by atoms with Crippen LogP contribution >= 0.6 is 0 Å². The van der Waals surface area contributed by atoms with Gasteiger partial charge in [0.15, 0.2) is 11.5 Å². The molecule has 0 spiro atoms. The van der Waals surface area contributed by atoms with Crippen LogP contribution in [-0.4, -0.2) is 33.6 Å². The van der Waals surface area contributed by atoms with Crippen molar-refractivity contribution < 1.29 is 27.4 Å².